The predicted molar refractivity (Wildman–Crippen MR) is 60.1 cm³/mol. The number of hydrogen-bond acceptors (Lipinski definition) is 4. The van der Waals surface area contributed by atoms with Crippen molar-refractivity contribution in [1.29, 1.82) is 0 Å². The molecule has 1 aromatic heterocycles. The molecule has 0 amide bonds. The summed E-state index contributed by atoms with van der Waals surface area (Å²) in [7, 11) is 1.65. The van der Waals surface area contributed by atoms with Gasteiger partial charge in [0.2, 0.25) is 0 Å². The maximum atomic E-state index is 12.4. The molecule has 0 aromatic carbocycles. The van der Waals surface area contributed by atoms with E-state index in [4.69, 9.17) is 0 Å². The zero-order chi connectivity index (χ0) is 12.9. The molecule has 0 unspecified atom stereocenters. The van der Waals surface area contributed by atoms with Crippen LogP contribution in [0.5, 0.6) is 0 Å². The Bertz CT molecular complexity index is 354. The van der Waals surface area contributed by atoms with E-state index < -0.39 is 12.7 Å². The van der Waals surface area contributed by atoms with Crippen LogP contribution in [0.3, 0.4) is 0 Å². The first-order valence-electron chi connectivity index (χ1n) is 5.27. The third-order valence-electron chi connectivity index (χ3n) is 2.10. The predicted octanol–water partition coefficient (Wildman–Crippen LogP) is 2.30. The van der Waals surface area contributed by atoms with Crippen molar-refractivity contribution in [2.24, 2.45) is 0 Å². The van der Waals surface area contributed by atoms with Crippen LogP contribution < -0.4 is 10.2 Å². The molecule has 17 heavy (non-hydrogen) atoms. The van der Waals surface area contributed by atoms with Gasteiger partial charge in [-0.3, -0.25) is 0 Å². The Balaban J connectivity index is 2.88. The van der Waals surface area contributed by atoms with Crippen LogP contribution in [0.1, 0.15) is 13.3 Å². The lowest BCUT2D eigenvalue weighted by molar-refractivity contribution is -0.119. The molecule has 0 spiro atoms. The minimum Gasteiger partial charge on any atom is -0.373 e. The van der Waals surface area contributed by atoms with Gasteiger partial charge in [0.25, 0.3) is 0 Å². The van der Waals surface area contributed by atoms with Crippen LogP contribution in [0.4, 0.5) is 24.8 Å². The molecule has 1 rings (SSSR count). The quantitative estimate of drug-likeness (QED) is 0.868. The Morgan fingerprint density at radius 2 is 2.06 bits per heavy atom. The van der Waals surface area contributed by atoms with E-state index in [2.05, 4.69) is 15.3 Å². The van der Waals surface area contributed by atoms with E-state index in [1.165, 1.54) is 17.3 Å². The Morgan fingerprint density at radius 3 is 2.59 bits per heavy atom. The van der Waals surface area contributed by atoms with Gasteiger partial charge in [0.1, 0.15) is 24.5 Å². The Kier molecular flexibility index (Phi) is 4.53. The number of hydrogen-bond donors (Lipinski definition) is 1. The van der Waals surface area contributed by atoms with Gasteiger partial charge in [0, 0.05) is 19.7 Å². The van der Waals surface area contributed by atoms with Crippen LogP contribution in [0.2, 0.25) is 0 Å². The molecule has 1 aromatic rings. The van der Waals surface area contributed by atoms with Gasteiger partial charge in [0.05, 0.1) is 0 Å². The number of aromatic nitrogens is 2. The summed E-state index contributed by atoms with van der Waals surface area (Å²) in [5.41, 5.74) is 0. The second kappa shape index (κ2) is 5.70. The normalized spacial score (nSPS) is 11.4. The Hall–Kier alpha value is -1.53. The molecule has 0 bridgehead atoms. The van der Waals surface area contributed by atoms with Gasteiger partial charge in [-0.05, 0) is 6.42 Å². The molecule has 7 heteroatoms. The first-order valence-corrected chi connectivity index (χ1v) is 5.27. The number of nitrogens with zero attached hydrogens (tertiary/aromatic N) is 3. The van der Waals surface area contributed by atoms with Gasteiger partial charge < -0.3 is 10.2 Å². The summed E-state index contributed by atoms with van der Waals surface area (Å²) in [5.74, 6) is 0.779. The maximum absolute atomic E-state index is 12.4. The van der Waals surface area contributed by atoms with E-state index in [1.54, 1.807) is 7.05 Å². The molecule has 0 radical (unpaired) electrons. The zero-order valence-electron chi connectivity index (χ0n) is 9.75. The van der Waals surface area contributed by atoms with Crippen molar-refractivity contribution >= 4 is 11.6 Å². The highest BCUT2D eigenvalue weighted by Crippen LogP contribution is 2.21. The fraction of sp³-hybridized carbons (Fsp3) is 0.600. The molecule has 0 atom stereocenters. The van der Waals surface area contributed by atoms with Crippen LogP contribution in [0, 0.1) is 0 Å². The lowest BCUT2D eigenvalue weighted by Crippen LogP contribution is -2.35. The van der Waals surface area contributed by atoms with Crippen molar-refractivity contribution in [3.8, 4) is 0 Å². The number of rotatable bonds is 5. The van der Waals surface area contributed by atoms with E-state index in [0.29, 0.717) is 18.8 Å². The molecule has 96 valence electrons. The summed E-state index contributed by atoms with van der Waals surface area (Å²) in [5, 5.41) is 2.77. The Morgan fingerprint density at radius 1 is 1.35 bits per heavy atom. The molecule has 0 saturated carbocycles. The second-order valence-corrected chi connectivity index (χ2v) is 3.55. The molecule has 0 fully saturated rings. The smallest absolute Gasteiger partial charge is 0.373 e. The molecule has 1 heterocycles. The third kappa shape index (κ3) is 4.46. The number of anilines is 2. The highest BCUT2D eigenvalue weighted by Gasteiger charge is 2.31. The second-order valence-electron chi connectivity index (χ2n) is 3.55. The molecule has 1 N–H and O–H groups in total. The minimum absolute atomic E-state index is 0.281. The van der Waals surface area contributed by atoms with Crippen LogP contribution in [0.25, 0.3) is 0 Å². The molecular formula is C10H15F3N4. The van der Waals surface area contributed by atoms with Crippen molar-refractivity contribution in [1.82, 2.24) is 9.97 Å². The average Bonchev–Trinajstić information content (AvgIpc) is 2.27. The maximum Gasteiger partial charge on any atom is 0.405 e. The van der Waals surface area contributed by atoms with E-state index >= 15 is 0 Å². The molecule has 0 saturated heterocycles. The monoisotopic (exact) mass is 248 g/mol. The van der Waals surface area contributed by atoms with Gasteiger partial charge in [-0.2, -0.15) is 13.2 Å². The van der Waals surface area contributed by atoms with Crippen molar-refractivity contribution < 1.29 is 13.2 Å². The van der Waals surface area contributed by atoms with Gasteiger partial charge >= 0.3 is 6.18 Å². The van der Waals surface area contributed by atoms with Gasteiger partial charge in [-0.1, -0.05) is 6.92 Å². The van der Waals surface area contributed by atoms with Crippen LogP contribution >= 0.6 is 0 Å². The van der Waals surface area contributed by atoms with E-state index in [0.717, 1.165) is 0 Å². The first-order chi connectivity index (χ1) is 7.96. The largest absolute Gasteiger partial charge is 0.405 e. The van der Waals surface area contributed by atoms with Gasteiger partial charge in [-0.15, -0.1) is 0 Å². The Labute approximate surface area is 97.9 Å². The van der Waals surface area contributed by atoms with Crippen LogP contribution in [-0.4, -0.2) is 36.3 Å². The number of halogens is 3. The van der Waals surface area contributed by atoms with Crippen molar-refractivity contribution in [2.75, 3.05) is 30.4 Å². The minimum atomic E-state index is -4.24. The topological polar surface area (TPSA) is 41.0 Å². The number of nitrogens with one attached hydrogen (secondary N) is 1. The van der Waals surface area contributed by atoms with Crippen LogP contribution in [-0.2, 0) is 0 Å². The average molecular weight is 248 g/mol. The standard InChI is InChI=1S/C10H15F3N4/c1-3-4-17(6-10(11,12)13)9-5-8(14-2)15-7-16-9/h5,7H,3-4,6H2,1-2H3,(H,14,15,16). The molecule has 0 aliphatic heterocycles. The summed E-state index contributed by atoms with van der Waals surface area (Å²) in [6.45, 7) is 1.13. The zero-order valence-corrected chi connectivity index (χ0v) is 9.75. The first kappa shape index (κ1) is 13.5. The van der Waals surface area contributed by atoms with Crippen LogP contribution in [0.15, 0.2) is 12.4 Å². The molecule has 0 aliphatic carbocycles. The fourth-order valence-corrected chi connectivity index (χ4v) is 1.42. The van der Waals surface area contributed by atoms with E-state index in [-0.39, 0.29) is 5.82 Å². The highest BCUT2D eigenvalue weighted by molar-refractivity contribution is 5.48. The van der Waals surface area contributed by atoms with Gasteiger partial charge in [0.15, 0.2) is 0 Å². The third-order valence-corrected chi connectivity index (χ3v) is 2.10. The number of alkyl halides is 3. The molecular weight excluding hydrogens is 233 g/mol. The van der Waals surface area contributed by atoms with E-state index in [1.807, 2.05) is 6.92 Å². The highest BCUT2D eigenvalue weighted by atomic mass is 19.4. The summed E-state index contributed by atoms with van der Waals surface area (Å²) < 4.78 is 37.2. The summed E-state index contributed by atoms with van der Waals surface area (Å²) in [4.78, 5) is 8.93. The SMILES string of the molecule is CCCN(CC(F)(F)F)c1cc(NC)ncn1. The summed E-state index contributed by atoms with van der Waals surface area (Å²) >= 11 is 0. The van der Waals surface area contributed by atoms with Crippen molar-refractivity contribution in [3.63, 3.8) is 0 Å². The van der Waals surface area contributed by atoms with Crippen molar-refractivity contribution in [2.45, 2.75) is 19.5 Å². The van der Waals surface area contributed by atoms with Gasteiger partial charge in [-0.25, -0.2) is 9.97 Å². The lowest BCUT2D eigenvalue weighted by atomic mass is 10.3. The fourth-order valence-electron chi connectivity index (χ4n) is 1.42. The summed E-state index contributed by atoms with van der Waals surface area (Å²) in [6.07, 6.45) is -2.37. The van der Waals surface area contributed by atoms with Crippen molar-refractivity contribution in [3.05, 3.63) is 12.4 Å². The molecule has 0 aliphatic rings. The van der Waals surface area contributed by atoms with E-state index in [9.17, 15) is 13.2 Å². The lowest BCUT2D eigenvalue weighted by Gasteiger charge is -2.24. The summed E-state index contributed by atoms with van der Waals surface area (Å²) in [6, 6.07) is 1.50. The molecule has 4 nitrogen and oxygen atoms in total.